The second-order valence-corrected chi connectivity index (χ2v) is 8.63. The first-order valence-electron chi connectivity index (χ1n) is 10.3. The molecule has 2 atom stereocenters. The summed E-state index contributed by atoms with van der Waals surface area (Å²) in [4.78, 5) is 14.9. The van der Waals surface area contributed by atoms with Crippen LogP contribution in [0.25, 0.3) is 6.08 Å². The number of nitrogens with one attached hydrogen (secondary N) is 1. The van der Waals surface area contributed by atoms with E-state index in [0.29, 0.717) is 13.0 Å². The average Bonchev–Trinajstić information content (AvgIpc) is 2.90. The van der Waals surface area contributed by atoms with E-state index in [-0.39, 0.29) is 17.4 Å². The van der Waals surface area contributed by atoms with Gasteiger partial charge >= 0.3 is 0 Å². The molecule has 3 aliphatic heterocycles. The van der Waals surface area contributed by atoms with Crippen molar-refractivity contribution in [2.75, 3.05) is 11.4 Å². The zero-order chi connectivity index (χ0) is 20.2. The van der Waals surface area contributed by atoms with Crippen molar-refractivity contribution in [2.45, 2.75) is 44.4 Å². The maximum Gasteiger partial charge on any atom is 0.223 e. The summed E-state index contributed by atoms with van der Waals surface area (Å²) in [7, 11) is 0. The monoisotopic (exact) mass is 386 g/mol. The van der Waals surface area contributed by atoms with Crippen LogP contribution in [-0.4, -0.2) is 24.2 Å². The largest absolute Gasteiger partial charge is 0.485 e. The van der Waals surface area contributed by atoms with Gasteiger partial charge in [-0.05, 0) is 42.3 Å². The van der Waals surface area contributed by atoms with E-state index < -0.39 is 5.66 Å². The number of ether oxygens (including phenoxy) is 1. The lowest BCUT2D eigenvalue weighted by molar-refractivity contribution is -0.124. The Bertz CT molecular complexity index is 1050. The summed E-state index contributed by atoms with van der Waals surface area (Å²) >= 11 is 0. The Kier molecular flexibility index (Phi) is 3.89. The van der Waals surface area contributed by atoms with Crippen LogP contribution in [0.1, 0.15) is 38.3 Å². The van der Waals surface area contributed by atoms with Crippen molar-refractivity contribution in [1.82, 2.24) is 5.32 Å². The number of nitrogens with zero attached hydrogens (tertiary/aromatic N) is 1. The van der Waals surface area contributed by atoms with Gasteiger partial charge in [0.05, 0.1) is 0 Å². The van der Waals surface area contributed by atoms with E-state index in [1.165, 1.54) is 11.3 Å². The molecule has 1 N–H and O–H groups in total. The summed E-state index contributed by atoms with van der Waals surface area (Å²) in [6, 6.07) is 16.6. The molecular weight excluding hydrogens is 360 g/mol. The highest BCUT2D eigenvalue weighted by Crippen LogP contribution is 2.52. The van der Waals surface area contributed by atoms with Crippen molar-refractivity contribution < 1.29 is 9.53 Å². The Balaban J connectivity index is 1.60. The average molecular weight is 386 g/mol. The Morgan fingerprint density at radius 3 is 2.76 bits per heavy atom. The van der Waals surface area contributed by atoms with Crippen molar-refractivity contribution in [3.8, 4) is 5.75 Å². The molecule has 0 aromatic heterocycles. The fourth-order valence-electron chi connectivity index (χ4n) is 4.98. The predicted molar refractivity (Wildman–Crippen MR) is 116 cm³/mol. The molecule has 3 heterocycles. The molecule has 1 saturated heterocycles. The van der Waals surface area contributed by atoms with Gasteiger partial charge in [0.25, 0.3) is 0 Å². The predicted octanol–water partition coefficient (Wildman–Crippen LogP) is 4.42. The third-order valence-electron chi connectivity index (χ3n) is 6.67. The lowest BCUT2D eigenvalue weighted by Crippen LogP contribution is -2.68. The number of anilines is 1. The van der Waals surface area contributed by atoms with Gasteiger partial charge in [-0.2, -0.15) is 0 Å². The number of fused-ring (bicyclic) bond motifs is 4. The van der Waals surface area contributed by atoms with Gasteiger partial charge in [-0.1, -0.05) is 56.3 Å². The molecule has 0 spiro atoms. The molecule has 2 unspecified atom stereocenters. The molecule has 2 aromatic rings. The highest BCUT2D eigenvalue weighted by atomic mass is 16.5. The molecule has 0 saturated carbocycles. The fraction of sp³-hybridized carbons (Fsp3) is 0.320. The van der Waals surface area contributed by atoms with E-state index in [4.69, 9.17) is 4.74 Å². The van der Waals surface area contributed by atoms with Gasteiger partial charge in [0.1, 0.15) is 17.5 Å². The van der Waals surface area contributed by atoms with Crippen LogP contribution in [0.3, 0.4) is 0 Å². The van der Waals surface area contributed by atoms with Gasteiger partial charge < -0.3 is 15.0 Å². The smallest absolute Gasteiger partial charge is 0.223 e. The molecular formula is C25H26N2O2. The zero-order valence-electron chi connectivity index (χ0n) is 17.1. The van der Waals surface area contributed by atoms with Gasteiger partial charge in [0.2, 0.25) is 5.91 Å². The Hall–Kier alpha value is -3.01. The second-order valence-electron chi connectivity index (χ2n) is 8.63. The molecule has 3 aliphatic rings. The highest BCUT2D eigenvalue weighted by Gasteiger charge is 2.57. The van der Waals surface area contributed by atoms with Gasteiger partial charge in [0, 0.05) is 29.6 Å². The fourth-order valence-corrected chi connectivity index (χ4v) is 4.98. The van der Waals surface area contributed by atoms with Crippen LogP contribution in [0.4, 0.5) is 5.69 Å². The van der Waals surface area contributed by atoms with E-state index in [1.807, 2.05) is 18.2 Å². The third-order valence-corrected chi connectivity index (χ3v) is 6.67. The number of benzene rings is 2. The van der Waals surface area contributed by atoms with Crippen LogP contribution in [0.15, 0.2) is 66.3 Å². The number of hydrogen-bond donors (Lipinski definition) is 1. The van der Waals surface area contributed by atoms with Crippen molar-refractivity contribution in [1.29, 1.82) is 0 Å². The summed E-state index contributed by atoms with van der Waals surface area (Å²) in [5, 5.41) is 3.33. The van der Waals surface area contributed by atoms with Crippen LogP contribution in [-0.2, 0) is 10.2 Å². The highest BCUT2D eigenvalue weighted by molar-refractivity contribution is 5.84. The molecule has 1 amide bonds. The first-order chi connectivity index (χ1) is 13.9. The SMILES string of the molecule is CC1Oc2ccccc2C=C1/C=C/C12NC(=O)CCN1c1ccccc1C2(C)C. The van der Waals surface area contributed by atoms with E-state index in [1.54, 1.807) is 0 Å². The van der Waals surface area contributed by atoms with Crippen molar-refractivity contribution in [3.05, 3.63) is 77.4 Å². The standard InChI is InChI=1S/C25H26N2O2/c1-17-18(16-19-8-4-7-11-22(19)29-17)12-14-25-24(2,3)20-9-5-6-10-21(20)27(25)15-13-23(28)26-25/h4-12,14,16-17H,13,15H2,1-3H3,(H,26,28)/b14-12+. The van der Waals surface area contributed by atoms with Crippen molar-refractivity contribution in [3.63, 3.8) is 0 Å². The lowest BCUT2D eigenvalue weighted by Gasteiger charge is -2.49. The van der Waals surface area contributed by atoms with Gasteiger partial charge in [-0.15, -0.1) is 0 Å². The minimum atomic E-state index is -0.594. The number of carbonyl (C=O) groups is 1. The minimum absolute atomic E-state index is 0.0443. The molecule has 0 bridgehead atoms. The molecule has 4 heteroatoms. The summed E-state index contributed by atoms with van der Waals surface area (Å²) in [6.45, 7) is 7.21. The van der Waals surface area contributed by atoms with E-state index in [2.05, 4.69) is 79.5 Å². The first kappa shape index (κ1) is 18.0. The van der Waals surface area contributed by atoms with Gasteiger partial charge in [0.15, 0.2) is 0 Å². The molecule has 0 aliphatic carbocycles. The summed E-state index contributed by atoms with van der Waals surface area (Å²) in [5.74, 6) is 1.01. The molecule has 0 radical (unpaired) electrons. The Morgan fingerprint density at radius 1 is 1.14 bits per heavy atom. The normalized spacial score (nSPS) is 26.9. The van der Waals surface area contributed by atoms with Crippen LogP contribution in [0, 0.1) is 0 Å². The van der Waals surface area contributed by atoms with Gasteiger partial charge in [-0.3, -0.25) is 4.79 Å². The summed E-state index contributed by atoms with van der Waals surface area (Å²) in [5.41, 5.74) is 3.79. The number of hydrogen-bond acceptors (Lipinski definition) is 3. The third kappa shape index (κ3) is 2.55. The Morgan fingerprint density at radius 2 is 1.90 bits per heavy atom. The van der Waals surface area contributed by atoms with E-state index >= 15 is 0 Å². The molecule has 29 heavy (non-hydrogen) atoms. The molecule has 148 valence electrons. The molecule has 1 fully saturated rings. The summed E-state index contributed by atoms with van der Waals surface area (Å²) < 4.78 is 6.11. The van der Waals surface area contributed by atoms with Crippen LogP contribution in [0.5, 0.6) is 5.75 Å². The van der Waals surface area contributed by atoms with Crippen LogP contribution in [0.2, 0.25) is 0 Å². The zero-order valence-corrected chi connectivity index (χ0v) is 17.1. The van der Waals surface area contributed by atoms with E-state index in [9.17, 15) is 4.79 Å². The Labute approximate surface area is 171 Å². The van der Waals surface area contributed by atoms with Crippen molar-refractivity contribution >= 4 is 17.7 Å². The number of amides is 1. The lowest BCUT2D eigenvalue weighted by atomic mass is 9.74. The molecule has 5 rings (SSSR count). The van der Waals surface area contributed by atoms with Crippen molar-refractivity contribution in [2.24, 2.45) is 0 Å². The molecule has 2 aromatic carbocycles. The quantitative estimate of drug-likeness (QED) is 0.831. The number of carbonyl (C=O) groups excluding carboxylic acids is 1. The second kappa shape index (κ2) is 6.24. The maximum atomic E-state index is 12.5. The maximum absolute atomic E-state index is 12.5. The summed E-state index contributed by atoms with van der Waals surface area (Å²) in [6.07, 6.45) is 6.95. The van der Waals surface area contributed by atoms with E-state index in [0.717, 1.165) is 16.9 Å². The number of rotatable bonds is 2. The van der Waals surface area contributed by atoms with Gasteiger partial charge in [-0.25, -0.2) is 0 Å². The minimum Gasteiger partial charge on any atom is -0.485 e. The van der Waals surface area contributed by atoms with Crippen LogP contribution >= 0.6 is 0 Å². The molecule has 4 nitrogen and oxygen atoms in total. The first-order valence-corrected chi connectivity index (χ1v) is 10.3. The number of para-hydroxylation sites is 2. The topological polar surface area (TPSA) is 41.6 Å². The van der Waals surface area contributed by atoms with Crippen LogP contribution < -0.4 is 15.0 Å².